The quantitative estimate of drug-likeness (QED) is 0.877. The van der Waals surface area contributed by atoms with Gasteiger partial charge < -0.3 is 15.4 Å². The van der Waals surface area contributed by atoms with Gasteiger partial charge in [-0.2, -0.15) is 0 Å². The second-order valence-corrected chi connectivity index (χ2v) is 5.75. The fourth-order valence-electron chi connectivity index (χ4n) is 1.95. The second-order valence-electron chi connectivity index (χ2n) is 5.34. The predicted octanol–water partition coefficient (Wildman–Crippen LogP) is 3.33. The highest BCUT2D eigenvalue weighted by atomic mass is 35.5. The summed E-state index contributed by atoms with van der Waals surface area (Å²) in [5.74, 6) is 0.839. The molecule has 2 rings (SSSR count). The molecule has 0 saturated heterocycles. The van der Waals surface area contributed by atoms with Gasteiger partial charge in [-0.1, -0.05) is 11.6 Å². The Morgan fingerprint density at radius 3 is 2.65 bits per heavy atom. The third kappa shape index (κ3) is 4.32. The van der Waals surface area contributed by atoms with Crippen molar-refractivity contribution in [3.05, 3.63) is 40.8 Å². The average Bonchev–Trinajstić information content (AvgIpc) is 2.50. The van der Waals surface area contributed by atoms with Crippen LogP contribution < -0.4 is 15.4 Å². The summed E-state index contributed by atoms with van der Waals surface area (Å²) in [6, 6.07) is 5.21. The van der Waals surface area contributed by atoms with Crippen molar-refractivity contribution in [3.8, 4) is 5.75 Å². The standard InChI is InChI=1S/C16H19ClN4O2/c1-9(2)20-16(22)13-7-15(19-8-18-13)21-12-5-10(3)11(17)6-14(12)23-4/h5-9H,1-4H3,(H,20,22)(H,18,19,21). The molecule has 2 N–H and O–H groups in total. The Bertz CT molecular complexity index is 719. The molecule has 0 fully saturated rings. The Kier molecular flexibility index (Phi) is 5.39. The van der Waals surface area contributed by atoms with E-state index < -0.39 is 0 Å². The Balaban J connectivity index is 2.27. The number of amides is 1. The van der Waals surface area contributed by atoms with Crippen LogP contribution in [-0.2, 0) is 0 Å². The minimum absolute atomic E-state index is 0.0351. The summed E-state index contributed by atoms with van der Waals surface area (Å²) < 4.78 is 5.31. The number of aromatic nitrogens is 2. The predicted molar refractivity (Wildman–Crippen MR) is 90.7 cm³/mol. The number of carbonyl (C=O) groups is 1. The van der Waals surface area contributed by atoms with E-state index in [-0.39, 0.29) is 11.9 Å². The minimum Gasteiger partial charge on any atom is -0.495 e. The second kappa shape index (κ2) is 7.28. The van der Waals surface area contributed by atoms with Crippen LogP contribution in [0.15, 0.2) is 24.5 Å². The van der Waals surface area contributed by atoms with Crippen molar-refractivity contribution in [1.82, 2.24) is 15.3 Å². The van der Waals surface area contributed by atoms with Crippen molar-refractivity contribution in [1.29, 1.82) is 0 Å². The zero-order chi connectivity index (χ0) is 17.0. The highest BCUT2D eigenvalue weighted by molar-refractivity contribution is 6.31. The molecule has 0 unspecified atom stereocenters. The van der Waals surface area contributed by atoms with Crippen molar-refractivity contribution in [2.75, 3.05) is 12.4 Å². The lowest BCUT2D eigenvalue weighted by Crippen LogP contribution is -2.30. The van der Waals surface area contributed by atoms with E-state index in [4.69, 9.17) is 16.3 Å². The summed E-state index contributed by atoms with van der Waals surface area (Å²) in [6.45, 7) is 5.67. The maximum Gasteiger partial charge on any atom is 0.270 e. The summed E-state index contributed by atoms with van der Waals surface area (Å²) in [7, 11) is 1.56. The number of nitrogens with zero attached hydrogens (tertiary/aromatic N) is 2. The Morgan fingerprint density at radius 1 is 1.26 bits per heavy atom. The van der Waals surface area contributed by atoms with Crippen LogP contribution in [0.3, 0.4) is 0 Å². The van der Waals surface area contributed by atoms with E-state index >= 15 is 0 Å². The van der Waals surface area contributed by atoms with Gasteiger partial charge in [0.2, 0.25) is 0 Å². The molecule has 1 aromatic heterocycles. The van der Waals surface area contributed by atoms with Gasteiger partial charge in [0.15, 0.2) is 0 Å². The summed E-state index contributed by atoms with van der Waals surface area (Å²) in [6.07, 6.45) is 1.34. The summed E-state index contributed by atoms with van der Waals surface area (Å²) in [5, 5.41) is 6.53. The van der Waals surface area contributed by atoms with Crippen LogP contribution in [0.2, 0.25) is 5.02 Å². The lowest BCUT2D eigenvalue weighted by atomic mass is 10.2. The molecule has 1 amide bonds. The zero-order valence-electron chi connectivity index (χ0n) is 13.5. The molecule has 0 aliphatic heterocycles. The number of benzene rings is 1. The molecule has 0 saturated carbocycles. The molecule has 0 radical (unpaired) electrons. The number of ether oxygens (including phenoxy) is 1. The van der Waals surface area contributed by atoms with Crippen LogP contribution >= 0.6 is 11.6 Å². The number of hydrogen-bond donors (Lipinski definition) is 2. The molecule has 2 aromatic rings. The van der Waals surface area contributed by atoms with Crippen molar-refractivity contribution < 1.29 is 9.53 Å². The van der Waals surface area contributed by atoms with Gasteiger partial charge in [-0.15, -0.1) is 0 Å². The highest BCUT2D eigenvalue weighted by Gasteiger charge is 2.12. The van der Waals surface area contributed by atoms with E-state index in [1.807, 2.05) is 26.8 Å². The van der Waals surface area contributed by atoms with E-state index in [1.165, 1.54) is 6.33 Å². The maximum atomic E-state index is 12.0. The first-order chi connectivity index (χ1) is 10.9. The maximum absolute atomic E-state index is 12.0. The molecule has 0 atom stereocenters. The first-order valence-corrected chi connectivity index (χ1v) is 7.52. The van der Waals surface area contributed by atoms with Crippen LogP contribution in [0.5, 0.6) is 5.75 Å². The largest absolute Gasteiger partial charge is 0.495 e. The molecule has 7 heteroatoms. The van der Waals surface area contributed by atoms with Gasteiger partial charge in [0.25, 0.3) is 5.91 Å². The van der Waals surface area contributed by atoms with Crippen LogP contribution in [0.25, 0.3) is 0 Å². The lowest BCUT2D eigenvalue weighted by molar-refractivity contribution is 0.0938. The summed E-state index contributed by atoms with van der Waals surface area (Å²) in [5.41, 5.74) is 1.91. The van der Waals surface area contributed by atoms with Crippen LogP contribution in [0.1, 0.15) is 29.9 Å². The molecule has 0 spiro atoms. The molecule has 6 nitrogen and oxygen atoms in total. The third-order valence-electron chi connectivity index (χ3n) is 3.06. The summed E-state index contributed by atoms with van der Waals surface area (Å²) in [4.78, 5) is 20.1. The number of hydrogen-bond acceptors (Lipinski definition) is 5. The normalized spacial score (nSPS) is 10.5. The SMILES string of the molecule is COc1cc(Cl)c(C)cc1Nc1cc(C(=O)NC(C)C)ncn1. The molecule has 23 heavy (non-hydrogen) atoms. The number of methoxy groups -OCH3 is 1. The van der Waals surface area contributed by atoms with Crippen LogP contribution in [0, 0.1) is 6.92 Å². The smallest absolute Gasteiger partial charge is 0.270 e. The minimum atomic E-state index is -0.246. The molecule has 122 valence electrons. The Hall–Kier alpha value is -2.34. The van der Waals surface area contributed by atoms with Crippen LogP contribution in [0.4, 0.5) is 11.5 Å². The number of nitrogens with one attached hydrogen (secondary N) is 2. The van der Waals surface area contributed by atoms with E-state index in [1.54, 1.807) is 19.2 Å². The average molecular weight is 335 g/mol. The molecule has 1 heterocycles. The highest BCUT2D eigenvalue weighted by Crippen LogP contribution is 2.32. The molecule has 0 aliphatic rings. The number of halogens is 1. The summed E-state index contributed by atoms with van der Waals surface area (Å²) >= 11 is 6.10. The van der Waals surface area contributed by atoms with Crippen LogP contribution in [-0.4, -0.2) is 29.0 Å². The van der Waals surface area contributed by atoms with E-state index in [9.17, 15) is 4.79 Å². The molecule has 0 bridgehead atoms. The molecule has 0 aliphatic carbocycles. The number of aryl methyl sites for hydroxylation is 1. The first-order valence-electron chi connectivity index (χ1n) is 7.14. The van der Waals surface area contributed by atoms with Gasteiger partial charge in [-0.25, -0.2) is 9.97 Å². The van der Waals surface area contributed by atoms with Crippen molar-refractivity contribution in [2.45, 2.75) is 26.8 Å². The number of carbonyl (C=O) groups excluding carboxylic acids is 1. The van der Waals surface area contributed by atoms with Gasteiger partial charge in [0.05, 0.1) is 12.8 Å². The fraction of sp³-hybridized carbons (Fsp3) is 0.312. The van der Waals surface area contributed by atoms with Gasteiger partial charge in [0, 0.05) is 23.2 Å². The van der Waals surface area contributed by atoms with E-state index in [2.05, 4.69) is 20.6 Å². The van der Waals surface area contributed by atoms with Gasteiger partial charge in [0.1, 0.15) is 23.6 Å². The molecular weight excluding hydrogens is 316 g/mol. The Morgan fingerprint density at radius 2 is 2.00 bits per heavy atom. The van der Waals surface area contributed by atoms with Crippen molar-refractivity contribution in [2.24, 2.45) is 0 Å². The topological polar surface area (TPSA) is 76.1 Å². The van der Waals surface area contributed by atoms with E-state index in [0.717, 1.165) is 5.56 Å². The first kappa shape index (κ1) is 17.0. The fourth-order valence-corrected chi connectivity index (χ4v) is 2.11. The molecular formula is C16H19ClN4O2. The Labute approximate surface area is 140 Å². The van der Waals surface area contributed by atoms with Gasteiger partial charge >= 0.3 is 0 Å². The number of rotatable bonds is 5. The monoisotopic (exact) mass is 334 g/mol. The van der Waals surface area contributed by atoms with Gasteiger partial charge in [-0.05, 0) is 32.4 Å². The lowest BCUT2D eigenvalue weighted by Gasteiger charge is -2.13. The van der Waals surface area contributed by atoms with E-state index in [0.29, 0.717) is 28.0 Å². The van der Waals surface area contributed by atoms with Crippen molar-refractivity contribution in [3.63, 3.8) is 0 Å². The third-order valence-corrected chi connectivity index (χ3v) is 3.47. The van der Waals surface area contributed by atoms with Gasteiger partial charge in [-0.3, -0.25) is 4.79 Å². The molecule has 1 aromatic carbocycles. The number of anilines is 2. The zero-order valence-corrected chi connectivity index (χ0v) is 14.2. The van der Waals surface area contributed by atoms with Crippen molar-refractivity contribution >= 4 is 29.0 Å².